The number of nitrogens with one attached hydrogen (secondary N) is 1. The second-order valence-electron chi connectivity index (χ2n) is 4.77. The molecule has 94 valence electrons. The van der Waals surface area contributed by atoms with Crippen LogP contribution < -0.4 is 11.1 Å². The molecule has 0 aromatic heterocycles. The molecule has 0 heterocycles. The fourth-order valence-corrected chi connectivity index (χ4v) is 2.98. The van der Waals surface area contributed by atoms with Crippen LogP contribution in [0.4, 0.5) is 0 Å². The third kappa shape index (κ3) is 3.98. The van der Waals surface area contributed by atoms with Gasteiger partial charge in [-0.25, -0.2) is 0 Å². The lowest BCUT2D eigenvalue weighted by Crippen LogP contribution is -2.46. The van der Waals surface area contributed by atoms with Crippen molar-refractivity contribution in [2.24, 2.45) is 5.73 Å². The van der Waals surface area contributed by atoms with Gasteiger partial charge in [0.15, 0.2) is 0 Å². The molecular formula is C12H24N2OS. The number of rotatable bonds is 7. The average Bonchev–Trinajstić information content (AvgIpc) is 2.17. The van der Waals surface area contributed by atoms with Crippen molar-refractivity contribution in [1.29, 1.82) is 0 Å². The number of carbonyl (C=O) groups is 1. The van der Waals surface area contributed by atoms with E-state index < -0.39 is 0 Å². The normalized spacial score (nSPS) is 19.9. The van der Waals surface area contributed by atoms with E-state index in [2.05, 4.69) is 18.5 Å². The molecule has 1 unspecified atom stereocenters. The van der Waals surface area contributed by atoms with Crippen molar-refractivity contribution in [3.8, 4) is 0 Å². The summed E-state index contributed by atoms with van der Waals surface area (Å²) in [4.78, 5) is 11.6. The lowest BCUT2D eigenvalue weighted by Gasteiger charge is -2.40. The number of nitrogens with two attached hydrogens (primary N) is 1. The first kappa shape index (κ1) is 13.8. The van der Waals surface area contributed by atoms with Crippen molar-refractivity contribution in [2.45, 2.75) is 56.2 Å². The number of thioether (sulfide) groups is 1. The van der Waals surface area contributed by atoms with E-state index in [1.54, 1.807) is 0 Å². The first-order chi connectivity index (χ1) is 7.62. The van der Waals surface area contributed by atoms with Crippen LogP contribution >= 0.6 is 11.8 Å². The van der Waals surface area contributed by atoms with Crippen LogP contribution in [0.25, 0.3) is 0 Å². The molecule has 0 bridgehead atoms. The summed E-state index contributed by atoms with van der Waals surface area (Å²) in [7, 11) is 0. The van der Waals surface area contributed by atoms with Crippen LogP contribution in [-0.4, -0.2) is 29.5 Å². The lowest BCUT2D eigenvalue weighted by molar-refractivity contribution is -0.121. The van der Waals surface area contributed by atoms with Gasteiger partial charge >= 0.3 is 0 Å². The topological polar surface area (TPSA) is 55.1 Å². The maximum atomic E-state index is 11.6. The second-order valence-corrected chi connectivity index (χ2v) is 6.04. The molecule has 0 aliphatic heterocycles. The van der Waals surface area contributed by atoms with Crippen LogP contribution in [0.15, 0.2) is 0 Å². The lowest BCUT2D eigenvalue weighted by atomic mass is 9.84. The Morgan fingerprint density at radius 2 is 2.25 bits per heavy atom. The molecule has 0 saturated heterocycles. The molecule has 16 heavy (non-hydrogen) atoms. The summed E-state index contributed by atoms with van der Waals surface area (Å²) in [6, 6.07) is 0.0246. The van der Waals surface area contributed by atoms with Gasteiger partial charge in [-0.15, -0.1) is 0 Å². The zero-order valence-corrected chi connectivity index (χ0v) is 11.2. The number of hydrogen-bond acceptors (Lipinski definition) is 3. The van der Waals surface area contributed by atoms with Gasteiger partial charge < -0.3 is 11.1 Å². The Balaban J connectivity index is 2.19. The molecule has 0 aromatic rings. The zero-order chi connectivity index (χ0) is 12.0. The third-order valence-corrected chi connectivity index (χ3v) is 4.83. The molecule has 1 amide bonds. The largest absolute Gasteiger partial charge is 0.355 e. The molecule has 3 nitrogen and oxygen atoms in total. The van der Waals surface area contributed by atoms with E-state index >= 15 is 0 Å². The van der Waals surface area contributed by atoms with Gasteiger partial charge in [-0.05, 0) is 25.5 Å². The van der Waals surface area contributed by atoms with Crippen LogP contribution in [0.5, 0.6) is 0 Å². The molecule has 1 saturated carbocycles. The molecule has 0 aromatic carbocycles. The van der Waals surface area contributed by atoms with Crippen molar-refractivity contribution in [3.05, 3.63) is 0 Å². The minimum absolute atomic E-state index is 0.0246. The van der Waals surface area contributed by atoms with Crippen LogP contribution in [0.1, 0.15) is 45.4 Å². The summed E-state index contributed by atoms with van der Waals surface area (Å²) in [5.74, 6) is 0.112. The Labute approximate surface area is 103 Å². The molecule has 1 fully saturated rings. The molecular weight excluding hydrogens is 220 g/mol. The van der Waals surface area contributed by atoms with E-state index in [0.717, 1.165) is 19.4 Å². The third-order valence-electron chi connectivity index (χ3n) is 3.41. The Morgan fingerprint density at radius 3 is 2.69 bits per heavy atom. The summed E-state index contributed by atoms with van der Waals surface area (Å²) in [6.07, 6.45) is 8.34. The first-order valence-corrected chi connectivity index (χ1v) is 7.42. The standard InChI is InChI=1S/C12H24N2OS/c1-3-5-10(13)8-11(15)14-9-12(16-2)6-4-7-12/h10H,3-9,13H2,1-2H3,(H,14,15). The fourth-order valence-electron chi connectivity index (χ4n) is 2.07. The number of amides is 1. The van der Waals surface area contributed by atoms with Gasteiger partial charge in [-0.1, -0.05) is 19.8 Å². The Morgan fingerprint density at radius 1 is 1.56 bits per heavy atom. The Bertz CT molecular complexity index is 224. The molecule has 3 N–H and O–H groups in total. The minimum atomic E-state index is 0.0246. The highest BCUT2D eigenvalue weighted by atomic mass is 32.2. The van der Waals surface area contributed by atoms with Crippen molar-refractivity contribution in [3.63, 3.8) is 0 Å². The van der Waals surface area contributed by atoms with Crippen molar-refractivity contribution in [1.82, 2.24) is 5.32 Å². The van der Waals surface area contributed by atoms with Gasteiger partial charge in [-0.2, -0.15) is 11.8 Å². The molecule has 0 radical (unpaired) electrons. The second kappa shape index (κ2) is 6.50. The van der Waals surface area contributed by atoms with Crippen LogP contribution in [0.3, 0.4) is 0 Å². The molecule has 1 aliphatic carbocycles. The molecule has 1 rings (SSSR count). The highest BCUT2D eigenvalue weighted by Crippen LogP contribution is 2.42. The van der Waals surface area contributed by atoms with Crippen LogP contribution in [0.2, 0.25) is 0 Å². The predicted octanol–water partition coefficient (Wildman–Crippen LogP) is 1.91. The van der Waals surface area contributed by atoms with Crippen molar-refractivity contribution in [2.75, 3.05) is 12.8 Å². The minimum Gasteiger partial charge on any atom is -0.355 e. The average molecular weight is 244 g/mol. The van der Waals surface area contributed by atoms with E-state index in [4.69, 9.17) is 5.73 Å². The monoisotopic (exact) mass is 244 g/mol. The molecule has 4 heteroatoms. The van der Waals surface area contributed by atoms with Crippen molar-refractivity contribution < 1.29 is 4.79 Å². The SMILES string of the molecule is CCCC(N)CC(=O)NCC1(SC)CCC1. The highest BCUT2D eigenvalue weighted by molar-refractivity contribution is 8.00. The maximum Gasteiger partial charge on any atom is 0.221 e. The van der Waals surface area contributed by atoms with Gasteiger partial charge in [0.2, 0.25) is 5.91 Å². The Kier molecular flexibility index (Phi) is 5.62. The van der Waals surface area contributed by atoms with E-state index in [1.165, 1.54) is 19.3 Å². The summed E-state index contributed by atoms with van der Waals surface area (Å²) >= 11 is 1.88. The molecule has 1 aliphatic rings. The zero-order valence-electron chi connectivity index (χ0n) is 10.4. The van der Waals surface area contributed by atoms with Gasteiger partial charge in [0.05, 0.1) is 0 Å². The van der Waals surface area contributed by atoms with E-state index in [-0.39, 0.29) is 11.9 Å². The van der Waals surface area contributed by atoms with Gasteiger partial charge in [-0.3, -0.25) is 4.79 Å². The van der Waals surface area contributed by atoms with Crippen LogP contribution in [0, 0.1) is 0 Å². The highest BCUT2D eigenvalue weighted by Gasteiger charge is 2.36. The Hall–Kier alpha value is -0.220. The van der Waals surface area contributed by atoms with Gasteiger partial charge in [0, 0.05) is 23.8 Å². The van der Waals surface area contributed by atoms with E-state index in [1.807, 2.05) is 11.8 Å². The summed E-state index contributed by atoms with van der Waals surface area (Å²) in [6.45, 7) is 2.90. The van der Waals surface area contributed by atoms with E-state index in [0.29, 0.717) is 11.2 Å². The maximum absolute atomic E-state index is 11.6. The van der Waals surface area contributed by atoms with Gasteiger partial charge in [0.25, 0.3) is 0 Å². The first-order valence-electron chi connectivity index (χ1n) is 6.19. The smallest absolute Gasteiger partial charge is 0.221 e. The fraction of sp³-hybridized carbons (Fsp3) is 0.917. The van der Waals surface area contributed by atoms with Crippen LogP contribution in [-0.2, 0) is 4.79 Å². The van der Waals surface area contributed by atoms with Crippen molar-refractivity contribution >= 4 is 17.7 Å². The summed E-state index contributed by atoms with van der Waals surface area (Å²) in [5.41, 5.74) is 5.84. The van der Waals surface area contributed by atoms with E-state index in [9.17, 15) is 4.79 Å². The quantitative estimate of drug-likeness (QED) is 0.719. The summed E-state index contributed by atoms with van der Waals surface area (Å²) < 4.78 is 0.324. The molecule has 1 atom stereocenters. The summed E-state index contributed by atoms with van der Waals surface area (Å²) in [5, 5.41) is 3.03. The predicted molar refractivity (Wildman–Crippen MR) is 70.6 cm³/mol. The van der Waals surface area contributed by atoms with Gasteiger partial charge in [0.1, 0.15) is 0 Å². The number of hydrogen-bond donors (Lipinski definition) is 2. The molecule has 0 spiro atoms. The number of carbonyl (C=O) groups excluding carboxylic acids is 1.